The van der Waals surface area contributed by atoms with Crippen molar-refractivity contribution in [3.05, 3.63) is 93.6 Å². The molecule has 2 atom stereocenters. The molecule has 4 aromatic heterocycles. The molecule has 0 aromatic carbocycles. The zero-order valence-electron chi connectivity index (χ0n) is 29.6. The van der Waals surface area contributed by atoms with Crippen LogP contribution >= 0.6 is 0 Å². The Morgan fingerprint density at radius 3 is 2.62 bits per heavy atom. The van der Waals surface area contributed by atoms with Gasteiger partial charge in [-0.05, 0) is 66.6 Å². The fourth-order valence-corrected chi connectivity index (χ4v) is 8.27. The third-order valence-corrected chi connectivity index (χ3v) is 10.9. The second kappa shape index (κ2) is 12.7. The number of aromatic nitrogens is 4. The van der Waals surface area contributed by atoms with Gasteiger partial charge < -0.3 is 29.0 Å². The fraction of sp³-hybridized carbons (Fsp3) is 0.474. The molecule has 7 heterocycles. The van der Waals surface area contributed by atoms with E-state index in [1.165, 1.54) is 11.3 Å². The molecule has 1 N–H and O–H groups in total. The zero-order valence-corrected chi connectivity index (χ0v) is 29.6. The molecule has 0 spiro atoms. The van der Waals surface area contributed by atoms with Gasteiger partial charge in [0.15, 0.2) is 0 Å². The molecule has 4 aliphatic rings. The summed E-state index contributed by atoms with van der Waals surface area (Å²) in [6, 6.07) is 8.92. The van der Waals surface area contributed by atoms with E-state index in [1.54, 1.807) is 29.8 Å². The number of methoxy groups -OCH3 is 1. The minimum atomic E-state index is -0.164. The fourth-order valence-electron chi connectivity index (χ4n) is 8.27. The van der Waals surface area contributed by atoms with E-state index in [-0.39, 0.29) is 29.4 Å². The van der Waals surface area contributed by atoms with Gasteiger partial charge in [0.2, 0.25) is 0 Å². The Balaban J connectivity index is 1.06. The van der Waals surface area contributed by atoms with E-state index >= 15 is 0 Å². The van der Waals surface area contributed by atoms with Crippen molar-refractivity contribution in [3.8, 4) is 5.82 Å². The molecular weight excluding hydrogens is 632 g/mol. The minimum absolute atomic E-state index is 0.106. The van der Waals surface area contributed by atoms with Crippen molar-refractivity contribution in [1.29, 1.82) is 0 Å². The van der Waals surface area contributed by atoms with Crippen LogP contribution in [-0.2, 0) is 33.7 Å². The van der Waals surface area contributed by atoms with Gasteiger partial charge in [0.05, 0.1) is 37.7 Å². The number of fused-ring (bicyclic) bond motifs is 3. The van der Waals surface area contributed by atoms with E-state index in [9.17, 15) is 9.59 Å². The second-order valence-electron chi connectivity index (χ2n) is 15.1. The van der Waals surface area contributed by atoms with E-state index in [0.717, 1.165) is 62.5 Å². The summed E-state index contributed by atoms with van der Waals surface area (Å²) in [6.07, 6.45) is 11.3. The number of carbonyl (C=O) groups excluding carboxylic acids is 1. The van der Waals surface area contributed by atoms with E-state index < -0.39 is 0 Å². The Morgan fingerprint density at radius 1 is 1.06 bits per heavy atom. The molecule has 1 unspecified atom stereocenters. The zero-order chi connectivity index (χ0) is 34.7. The number of nitrogens with zero attached hydrogens (tertiary/aromatic N) is 7. The standard InChI is InChI=1S/C38H46N8O4/c1-24-19-43(28-21-50-22-28)10-11-44(24)27-6-7-34(40-18-27)41-31-14-26(20-42(4)36(31)47)29-8-9-39-35(30(29)23-49-5)46-13-12-45-32(37(46)48)15-25-16-38(2,3)17-33(25)45/h6-9,12-15,18,24,26,28H,10-11,16-17,19-23H2,1-5H3,(H,40,41)/t24-,26?/m0/s1. The highest BCUT2D eigenvalue weighted by Crippen LogP contribution is 2.38. The summed E-state index contributed by atoms with van der Waals surface area (Å²) in [5.41, 5.74) is 6.47. The summed E-state index contributed by atoms with van der Waals surface area (Å²) in [7, 11) is 3.45. The molecular formula is C38H46N8O4. The van der Waals surface area contributed by atoms with Gasteiger partial charge in [-0.3, -0.25) is 19.1 Å². The second-order valence-corrected chi connectivity index (χ2v) is 15.1. The Hall–Kier alpha value is -4.52. The molecule has 2 fully saturated rings. The predicted molar refractivity (Wildman–Crippen MR) is 192 cm³/mol. The van der Waals surface area contributed by atoms with Crippen molar-refractivity contribution in [2.45, 2.75) is 58.2 Å². The van der Waals surface area contributed by atoms with Crippen LogP contribution in [0.15, 0.2) is 65.6 Å². The van der Waals surface area contributed by atoms with Crippen molar-refractivity contribution < 1.29 is 14.3 Å². The minimum Gasteiger partial charge on any atom is -0.380 e. The van der Waals surface area contributed by atoms with Gasteiger partial charge in [-0.15, -0.1) is 0 Å². The van der Waals surface area contributed by atoms with Gasteiger partial charge in [0, 0.05) is 82.1 Å². The SMILES string of the molecule is COCc1c(C2C=C(Nc3ccc(N4CCN(C5COC5)C[C@@H]4C)cn3)C(=O)N(C)C2)ccnc1-n1ccn2c3c(cc2c1=O)CC(C)(C)C3. The number of nitrogens with one attached hydrogen (secondary N) is 1. The maximum atomic E-state index is 14.0. The van der Waals surface area contributed by atoms with Crippen LogP contribution in [0.1, 0.15) is 49.1 Å². The maximum Gasteiger partial charge on any atom is 0.280 e. The predicted octanol–water partition coefficient (Wildman–Crippen LogP) is 3.61. The third kappa shape index (κ3) is 5.78. The van der Waals surface area contributed by atoms with Crippen LogP contribution < -0.4 is 15.8 Å². The molecule has 3 aliphatic heterocycles. The van der Waals surface area contributed by atoms with Gasteiger partial charge in [-0.1, -0.05) is 13.8 Å². The van der Waals surface area contributed by atoms with Crippen molar-refractivity contribution >= 4 is 22.9 Å². The average Bonchev–Trinajstić information content (AvgIpc) is 3.55. The van der Waals surface area contributed by atoms with Crippen molar-refractivity contribution in [3.63, 3.8) is 0 Å². The summed E-state index contributed by atoms with van der Waals surface area (Å²) in [6.45, 7) is 12.1. The number of anilines is 2. The highest BCUT2D eigenvalue weighted by molar-refractivity contribution is 5.97. The first-order chi connectivity index (χ1) is 24.1. The summed E-state index contributed by atoms with van der Waals surface area (Å²) in [4.78, 5) is 43.4. The number of amides is 1. The Bertz CT molecular complexity index is 2030. The molecule has 1 amide bonds. The van der Waals surface area contributed by atoms with E-state index in [0.29, 0.717) is 41.5 Å². The highest BCUT2D eigenvalue weighted by atomic mass is 16.5. The Labute approximate surface area is 292 Å². The first-order valence-electron chi connectivity index (χ1n) is 17.6. The average molecular weight is 679 g/mol. The highest BCUT2D eigenvalue weighted by Gasteiger charge is 2.34. The van der Waals surface area contributed by atoms with Crippen LogP contribution in [0.3, 0.4) is 0 Å². The molecule has 12 nitrogen and oxygen atoms in total. The number of pyridine rings is 2. The van der Waals surface area contributed by atoms with Crippen LogP contribution in [0.25, 0.3) is 11.3 Å². The first kappa shape index (κ1) is 32.7. The summed E-state index contributed by atoms with van der Waals surface area (Å²) < 4.78 is 14.8. The third-order valence-electron chi connectivity index (χ3n) is 10.9. The van der Waals surface area contributed by atoms with Crippen LogP contribution in [0.5, 0.6) is 0 Å². The van der Waals surface area contributed by atoms with Crippen molar-refractivity contribution in [1.82, 2.24) is 28.7 Å². The number of rotatable bonds is 8. The molecule has 0 bridgehead atoms. The number of likely N-dealkylation sites (N-methyl/N-ethyl adjacent to an activating group) is 1. The van der Waals surface area contributed by atoms with E-state index in [4.69, 9.17) is 19.4 Å². The quantitative estimate of drug-likeness (QED) is 0.299. The molecule has 0 radical (unpaired) electrons. The summed E-state index contributed by atoms with van der Waals surface area (Å²) >= 11 is 0. The lowest BCUT2D eigenvalue weighted by atomic mass is 9.90. The number of hydrogen-bond acceptors (Lipinski definition) is 9. The van der Waals surface area contributed by atoms with Gasteiger partial charge in [-0.2, -0.15) is 0 Å². The molecule has 1 aliphatic carbocycles. The molecule has 4 aromatic rings. The normalized spacial score (nSPS) is 22.5. The summed E-state index contributed by atoms with van der Waals surface area (Å²) in [5, 5.41) is 3.30. The Morgan fingerprint density at radius 2 is 1.90 bits per heavy atom. The van der Waals surface area contributed by atoms with Gasteiger partial charge >= 0.3 is 0 Å². The van der Waals surface area contributed by atoms with Crippen LogP contribution in [-0.4, -0.2) is 100 Å². The topological polar surface area (TPSA) is 109 Å². The molecule has 12 heteroatoms. The molecule has 8 rings (SSSR count). The number of hydrogen-bond donors (Lipinski definition) is 1. The van der Waals surface area contributed by atoms with E-state index in [2.05, 4.69) is 42.0 Å². The first-order valence-corrected chi connectivity index (χ1v) is 17.6. The lowest BCUT2D eigenvalue weighted by molar-refractivity contribution is -0.126. The van der Waals surface area contributed by atoms with Crippen LogP contribution in [0.2, 0.25) is 0 Å². The molecule has 0 saturated carbocycles. The monoisotopic (exact) mass is 678 g/mol. The molecule has 2 saturated heterocycles. The number of ether oxygens (including phenoxy) is 2. The van der Waals surface area contributed by atoms with Crippen LogP contribution in [0, 0.1) is 5.41 Å². The summed E-state index contributed by atoms with van der Waals surface area (Å²) in [5.74, 6) is 0.874. The van der Waals surface area contributed by atoms with Crippen LogP contribution in [0.4, 0.5) is 11.5 Å². The lowest BCUT2D eigenvalue weighted by Crippen LogP contribution is -2.59. The maximum absolute atomic E-state index is 14.0. The van der Waals surface area contributed by atoms with E-state index in [1.807, 2.05) is 47.3 Å². The largest absolute Gasteiger partial charge is 0.380 e. The van der Waals surface area contributed by atoms with Gasteiger partial charge in [0.25, 0.3) is 11.5 Å². The van der Waals surface area contributed by atoms with Crippen molar-refractivity contribution in [2.75, 3.05) is 63.8 Å². The number of piperazine rings is 1. The number of carbonyl (C=O) groups is 1. The smallest absolute Gasteiger partial charge is 0.280 e. The Kier molecular flexibility index (Phi) is 8.28. The molecule has 50 heavy (non-hydrogen) atoms. The lowest BCUT2D eigenvalue weighted by Gasteiger charge is -2.46. The van der Waals surface area contributed by atoms with Gasteiger partial charge in [0.1, 0.15) is 22.8 Å². The van der Waals surface area contributed by atoms with Gasteiger partial charge in [-0.25, -0.2) is 9.97 Å². The molecule has 262 valence electrons. The van der Waals surface area contributed by atoms with Crippen molar-refractivity contribution in [2.24, 2.45) is 5.41 Å².